The van der Waals surface area contributed by atoms with E-state index in [-0.39, 0.29) is 191 Å². The third-order valence-corrected chi connectivity index (χ3v) is 17.3. The SMILES string of the molecule is O=C(O)CCCCCCCCCCC(=O)NC(COCCC(=O)NCCCNC(=O)CCCCO[C@H]1OC(CO)[C@@H](O)C(O)C1O)(COCCC(=O)NCCCNC(=O)CCCCO[C@H]1OC(CO)[C@@H](O)C(O)C1O)COCCC(=O)NCCCNC(=O)CCCCO[C@H]1OC(CO)[C@H](O)C(O)C1O. The molecule has 3 aliphatic heterocycles. The molecule has 7 amide bonds. The van der Waals surface area contributed by atoms with E-state index in [1.54, 1.807) is 0 Å². The second kappa shape index (κ2) is 55.3. The highest BCUT2D eigenvalue weighted by Gasteiger charge is 2.46. The van der Waals surface area contributed by atoms with Crippen molar-refractivity contribution in [3.63, 3.8) is 0 Å². The van der Waals surface area contributed by atoms with Crippen LogP contribution in [0.2, 0.25) is 0 Å². The van der Waals surface area contributed by atoms with Crippen LogP contribution in [0.3, 0.4) is 0 Å². The molecule has 3 aliphatic rings. The molecule has 37 heteroatoms. The number of amides is 7. The van der Waals surface area contributed by atoms with Crippen LogP contribution in [-0.4, -0.2) is 330 Å². The number of carbonyl (C=O) groups excluding carboxylic acids is 7. The first-order valence-corrected chi connectivity index (χ1v) is 36.6. The fourth-order valence-corrected chi connectivity index (χ4v) is 11.1. The maximum atomic E-state index is 13.8. The molecule has 0 aromatic rings. The highest BCUT2D eigenvalue weighted by Crippen LogP contribution is 2.25. The number of ether oxygens (including phenoxy) is 9. The molecule has 0 bridgehead atoms. The first kappa shape index (κ1) is 93.1. The van der Waals surface area contributed by atoms with Gasteiger partial charge in [0, 0.05) is 110 Å². The summed E-state index contributed by atoms with van der Waals surface area (Å²) in [5.74, 6) is -3.04. The number of aliphatic hydroxyl groups excluding tert-OH is 12. The molecule has 3 fully saturated rings. The zero-order valence-corrected chi connectivity index (χ0v) is 59.8. The van der Waals surface area contributed by atoms with E-state index < -0.39 is 123 Å². The Bertz CT molecular complexity index is 2180. The average molecular weight is 1500 g/mol. The van der Waals surface area contributed by atoms with Gasteiger partial charge in [-0.25, -0.2) is 0 Å². The van der Waals surface area contributed by atoms with Crippen LogP contribution in [0, 0.1) is 0 Å². The Labute approximate surface area is 606 Å². The van der Waals surface area contributed by atoms with Gasteiger partial charge in [0.1, 0.15) is 78.8 Å². The van der Waals surface area contributed by atoms with Crippen LogP contribution in [0.15, 0.2) is 0 Å². The summed E-state index contributed by atoms with van der Waals surface area (Å²) < 4.78 is 50.5. The molecule has 3 heterocycles. The number of carboxylic acids is 1. The van der Waals surface area contributed by atoms with E-state index in [9.17, 15) is 99.6 Å². The number of unbranched alkanes of at least 4 members (excludes halogenated alkanes) is 10. The second-order valence-corrected chi connectivity index (χ2v) is 26.2. The monoisotopic (exact) mass is 1500 g/mol. The topological polar surface area (TPSA) is 567 Å². The molecule has 3 rings (SSSR count). The van der Waals surface area contributed by atoms with E-state index in [4.69, 9.17) is 47.7 Å². The van der Waals surface area contributed by atoms with Gasteiger partial charge in [-0.2, -0.15) is 0 Å². The summed E-state index contributed by atoms with van der Waals surface area (Å²) in [6, 6.07) is 0. The molecule has 15 atom stereocenters. The summed E-state index contributed by atoms with van der Waals surface area (Å²) in [7, 11) is 0. The number of hydrogen-bond acceptors (Lipinski definition) is 29. The molecule has 0 spiro atoms. The van der Waals surface area contributed by atoms with E-state index in [1.165, 1.54) is 0 Å². The van der Waals surface area contributed by atoms with Crippen LogP contribution in [0.4, 0.5) is 0 Å². The van der Waals surface area contributed by atoms with Gasteiger partial charge in [0.2, 0.25) is 41.4 Å². The predicted molar refractivity (Wildman–Crippen MR) is 364 cm³/mol. The second-order valence-electron chi connectivity index (χ2n) is 26.2. The fraction of sp³-hybridized carbons (Fsp3) is 0.881. The van der Waals surface area contributed by atoms with Crippen LogP contribution >= 0.6 is 0 Å². The largest absolute Gasteiger partial charge is 0.481 e. The summed E-state index contributed by atoms with van der Waals surface area (Å²) in [5, 5.41) is 147. The lowest BCUT2D eigenvalue weighted by Crippen LogP contribution is -2.59. The van der Waals surface area contributed by atoms with Crippen LogP contribution in [0.25, 0.3) is 0 Å². The van der Waals surface area contributed by atoms with Gasteiger partial charge in [-0.1, -0.05) is 38.5 Å². The maximum absolute atomic E-state index is 13.8. The van der Waals surface area contributed by atoms with Crippen molar-refractivity contribution in [2.24, 2.45) is 0 Å². The first-order valence-electron chi connectivity index (χ1n) is 36.6. The molecule has 3 saturated heterocycles. The van der Waals surface area contributed by atoms with Crippen LogP contribution in [-0.2, 0) is 81.0 Å². The molecule has 0 aromatic heterocycles. The molecule has 20 N–H and O–H groups in total. The van der Waals surface area contributed by atoms with Crippen LogP contribution in [0.1, 0.15) is 161 Å². The number of carboxylic acid groups (broad SMARTS) is 1. The smallest absolute Gasteiger partial charge is 0.303 e. The van der Waals surface area contributed by atoms with E-state index in [1.807, 2.05) is 0 Å². The standard InChI is InChI=1S/C67H121N7O30/c75-38-44-55(87)58(90)61(93)64(102-44)99-32-12-9-18-47(78)68-26-15-29-71-50(81)23-35-96-41-67(74-53(84)21-7-5-3-1-2-4-6-8-22-54(85)86,42-97-36-24-51(82)72-30-16-27-69-48(79)19-10-13-33-100-65-62(94)59(91)56(88)45(39-76)103-65)43-98-37-25-52(83)73-31-17-28-70-49(80)20-11-14-34-101-66-63(95)60(92)57(89)46(40-77)104-66/h44-46,55-66,75-77,87-95H,1-43H2,(H,68,78)(H,69,79)(H,70,80)(H,71,81)(H,72,82)(H,73,83)(H,74,84)(H,85,86)/t44?,45?,46?,55-,56-,57+,58?,59?,60?,61?,62?,63?,64+,65+,66+,67?/m1/s1. The van der Waals surface area contributed by atoms with E-state index in [0.29, 0.717) is 70.6 Å². The quantitative estimate of drug-likeness (QED) is 0.0253. The van der Waals surface area contributed by atoms with Crippen molar-refractivity contribution in [2.75, 3.05) is 119 Å². The molecule has 37 nitrogen and oxygen atoms in total. The summed E-state index contributed by atoms with van der Waals surface area (Å²) in [4.78, 5) is 101. The molecule has 104 heavy (non-hydrogen) atoms. The third-order valence-electron chi connectivity index (χ3n) is 17.3. The minimum absolute atomic E-state index is 0.0659. The lowest BCUT2D eigenvalue weighted by Gasteiger charge is -2.39. The lowest BCUT2D eigenvalue weighted by molar-refractivity contribution is -0.301. The third kappa shape index (κ3) is 39.2. The highest BCUT2D eigenvalue weighted by molar-refractivity contribution is 5.78. The van der Waals surface area contributed by atoms with Gasteiger partial charge in [0.15, 0.2) is 18.9 Å². The molecular formula is C67H121N7O30. The summed E-state index contributed by atoms with van der Waals surface area (Å²) >= 11 is 0. The Hall–Kier alpha value is -5.08. The summed E-state index contributed by atoms with van der Waals surface area (Å²) in [6.07, 6.45) is -10.7. The van der Waals surface area contributed by atoms with Crippen LogP contribution in [0.5, 0.6) is 0 Å². The number of rotatable bonds is 60. The molecular weight excluding hydrogens is 1380 g/mol. The van der Waals surface area contributed by atoms with Gasteiger partial charge >= 0.3 is 5.97 Å². The Balaban J connectivity index is 1.51. The van der Waals surface area contributed by atoms with Gasteiger partial charge in [0.05, 0.1) is 59.5 Å². The van der Waals surface area contributed by atoms with Gasteiger partial charge in [0.25, 0.3) is 0 Å². The number of carbonyl (C=O) groups is 8. The van der Waals surface area contributed by atoms with E-state index >= 15 is 0 Å². The van der Waals surface area contributed by atoms with E-state index in [0.717, 1.165) is 38.5 Å². The van der Waals surface area contributed by atoms with Crippen molar-refractivity contribution >= 4 is 47.3 Å². The van der Waals surface area contributed by atoms with Crippen molar-refractivity contribution in [2.45, 2.75) is 258 Å². The zero-order chi connectivity index (χ0) is 76.5. The molecule has 0 radical (unpaired) electrons. The average Bonchev–Trinajstić information content (AvgIpc) is 0.839. The lowest BCUT2D eigenvalue weighted by atomic mass is 9.99. The van der Waals surface area contributed by atoms with Gasteiger partial charge < -0.3 is 146 Å². The van der Waals surface area contributed by atoms with Crippen molar-refractivity contribution in [3.05, 3.63) is 0 Å². The zero-order valence-electron chi connectivity index (χ0n) is 59.8. The Morgan fingerprint density at radius 3 is 0.817 bits per heavy atom. The molecule has 0 aromatic carbocycles. The Kier molecular flexibility index (Phi) is 49.6. The number of nitrogens with one attached hydrogen (secondary N) is 7. The predicted octanol–water partition coefficient (Wildman–Crippen LogP) is -5.13. The molecule has 0 aliphatic carbocycles. The minimum Gasteiger partial charge on any atom is -0.481 e. The van der Waals surface area contributed by atoms with Crippen molar-refractivity contribution in [1.82, 2.24) is 37.2 Å². The van der Waals surface area contributed by atoms with Crippen molar-refractivity contribution < 1.29 is 147 Å². The van der Waals surface area contributed by atoms with Crippen LogP contribution < -0.4 is 37.2 Å². The Morgan fingerprint density at radius 2 is 0.538 bits per heavy atom. The minimum atomic E-state index is -1.57. The number of aliphatic carboxylic acids is 1. The first-order chi connectivity index (χ1) is 50.0. The normalized spacial score (nSPS) is 25.3. The van der Waals surface area contributed by atoms with Gasteiger partial charge in [-0.05, 0) is 70.6 Å². The van der Waals surface area contributed by atoms with Gasteiger partial charge in [-0.15, -0.1) is 0 Å². The Morgan fingerprint density at radius 1 is 0.288 bits per heavy atom. The molecule has 9 unspecified atom stereocenters. The van der Waals surface area contributed by atoms with E-state index in [2.05, 4.69) is 37.2 Å². The maximum Gasteiger partial charge on any atom is 0.303 e. The highest BCUT2D eigenvalue weighted by atomic mass is 16.7. The summed E-state index contributed by atoms with van der Waals surface area (Å²) in [6.45, 7) is -1.22. The summed E-state index contributed by atoms with van der Waals surface area (Å²) in [5.41, 5.74) is -1.41. The van der Waals surface area contributed by atoms with Crippen molar-refractivity contribution in [1.29, 1.82) is 0 Å². The number of hydrogen-bond donors (Lipinski definition) is 20. The number of aliphatic hydroxyl groups is 12. The van der Waals surface area contributed by atoms with Crippen molar-refractivity contribution in [3.8, 4) is 0 Å². The fourth-order valence-electron chi connectivity index (χ4n) is 11.1. The van der Waals surface area contributed by atoms with Gasteiger partial charge in [-0.3, -0.25) is 38.4 Å². The molecule has 604 valence electrons. The molecule has 0 saturated carbocycles.